The number of ether oxygens (including phenoxy) is 2. The zero-order valence-corrected chi connectivity index (χ0v) is 16.3. The van der Waals surface area contributed by atoms with Crippen LogP contribution < -0.4 is 15.0 Å². The maximum Gasteiger partial charge on any atom is 0.167 e. The van der Waals surface area contributed by atoms with E-state index in [9.17, 15) is 10.0 Å². The summed E-state index contributed by atoms with van der Waals surface area (Å²) in [5, 5.41) is 9.73. The van der Waals surface area contributed by atoms with E-state index < -0.39 is 0 Å². The smallest absolute Gasteiger partial charge is 0.167 e. The maximum absolute atomic E-state index is 12.8. The summed E-state index contributed by atoms with van der Waals surface area (Å²) in [5.41, 5.74) is 6.68. The summed E-state index contributed by atoms with van der Waals surface area (Å²) in [6.45, 7) is 5.07. The van der Waals surface area contributed by atoms with Crippen molar-refractivity contribution in [2.75, 3.05) is 20.8 Å². The number of Topliss-reactive ketones (excluding diaryl/α,β-unsaturated/α-hetero) is 1. The molecule has 0 unspecified atom stereocenters. The highest BCUT2D eigenvalue weighted by molar-refractivity contribution is 6.01. The van der Waals surface area contributed by atoms with Crippen LogP contribution in [0.25, 0.3) is 0 Å². The van der Waals surface area contributed by atoms with Crippen LogP contribution in [0, 0.1) is 5.41 Å². The second-order valence-electron chi connectivity index (χ2n) is 8.25. The van der Waals surface area contributed by atoms with Gasteiger partial charge in [-0.05, 0) is 47.6 Å². The van der Waals surface area contributed by atoms with Crippen molar-refractivity contribution in [2.24, 2.45) is 5.41 Å². The summed E-state index contributed by atoms with van der Waals surface area (Å²) in [4.78, 5) is 15.1. The van der Waals surface area contributed by atoms with Gasteiger partial charge in [0.05, 0.1) is 31.5 Å². The molecule has 0 saturated carbocycles. The Morgan fingerprint density at radius 3 is 2.56 bits per heavy atom. The lowest BCUT2D eigenvalue weighted by atomic mass is 9.72. The number of nitrogens with one attached hydrogen (secondary N) is 1. The van der Waals surface area contributed by atoms with Gasteiger partial charge in [0.25, 0.3) is 0 Å². The fourth-order valence-electron chi connectivity index (χ4n) is 4.63. The number of fused-ring (bicyclic) bond motifs is 4. The van der Waals surface area contributed by atoms with Gasteiger partial charge >= 0.3 is 0 Å². The molecule has 1 aromatic rings. The molecule has 6 heteroatoms. The van der Waals surface area contributed by atoms with E-state index in [2.05, 4.69) is 24.2 Å². The first-order valence-electron chi connectivity index (χ1n) is 9.28. The van der Waals surface area contributed by atoms with Crippen LogP contribution in [-0.2, 0) is 11.2 Å². The van der Waals surface area contributed by atoms with Crippen molar-refractivity contribution in [3.63, 3.8) is 0 Å². The Balaban J connectivity index is 1.85. The molecule has 27 heavy (non-hydrogen) atoms. The first-order valence-corrected chi connectivity index (χ1v) is 9.28. The molecule has 144 valence electrons. The number of benzene rings is 1. The van der Waals surface area contributed by atoms with Crippen molar-refractivity contribution < 1.29 is 19.5 Å². The fraction of sp³-hybridized carbons (Fsp3) is 0.476. The van der Waals surface area contributed by atoms with Crippen molar-refractivity contribution in [3.8, 4) is 11.5 Å². The number of methoxy groups -OCH3 is 2. The van der Waals surface area contributed by atoms with Gasteiger partial charge in [0.15, 0.2) is 17.3 Å². The second-order valence-corrected chi connectivity index (χ2v) is 8.25. The van der Waals surface area contributed by atoms with Gasteiger partial charge in [0.2, 0.25) is 0 Å². The Morgan fingerprint density at radius 1 is 1.19 bits per heavy atom. The molecule has 0 spiro atoms. The average molecular weight is 370 g/mol. The average Bonchev–Trinajstić information content (AvgIpc) is 2.64. The van der Waals surface area contributed by atoms with Crippen LogP contribution in [0.4, 0.5) is 0 Å². The highest BCUT2D eigenvalue weighted by Crippen LogP contribution is 2.48. The van der Waals surface area contributed by atoms with Crippen LogP contribution in [0.15, 0.2) is 35.2 Å². The summed E-state index contributed by atoms with van der Waals surface area (Å²) in [6.07, 6.45) is 4.11. The number of hydroxylamine groups is 1. The maximum atomic E-state index is 12.8. The van der Waals surface area contributed by atoms with E-state index in [0.717, 1.165) is 36.4 Å². The Hall–Kier alpha value is -2.47. The number of rotatable bonds is 3. The lowest BCUT2D eigenvalue weighted by Crippen LogP contribution is -2.43. The highest BCUT2D eigenvalue weighted by Gasteiger charge is 2.42. The summed E-state index contributed by atoms with van der Waals surface area (Å²) >= 11 is 0. The molecule has 1 aromatic carbocycles. The van der Waals surface area contributed by atoms with Gasteiger partial charge in [-0.1, -0.05) is 13.8 Å². The number of hydrogen-bond donors (Lipinski definition) is 2. The zero-order valence-electron chi connectivity index (χ0n) is 16.3. The quantitative estimate of drug-likeness (QED) is 0.797. The van der Waals surface area contributed by atoms with Crippen LogP contribution in [-0.4, -0.2) is 36.7 Å². The van der Waals surface area contributed by atoms with Gasteiger partial charge in [0, 0.05) is 18.7 Å². The van der Waals surface area contributed by atoms with E-state index in [4.69, 9.17) is 9.47 Å². The number of carbonyl (C=O) groups is 1. The van der Waals surface area contributed by atoms with E-state index in [1.807, 2.05) is 18.2 Å². The van der Waals surface area contributed by atoms with Crippen molar-refractivity contribution >= 4 is 5.78 Å². The Labute approximate surface area is 159 Å². The van der Waals surface area contributed by atoms with Crippen LogP contribution in [0.3, 0.4) is 0 Å². The molecule has 3 aliphatic rings. The third-order valence-corrected chi connectivity index (χ3v) is 5.84. The number of hydrogen-bond acceptors (Lipinski definition) is 6. The molecule has 0 aromatic heterocycles. The normalized spacial score (nSPS) is 23.1. The SMILES string of the molecule is COc1cc2c(cc1OC)[C@@H]1C=C(NO)C3=C(CC(C)(C)CC3=O)N1CC2. The largest absolute Gasteiger partial charge is 0.493 e. The van der Waals surface area contributed by atoms with E-state index in [-0.39, 0.29) is 17.2 Å². The first kappa shape index (κ1) is 17.9. The minimum Gasteiger partial charge on any atom is -0.493 e. The molecule has 2 aliphatic heterocycles. The summed E-state index contributed by atoms with van der Waals surface area (Å²) < 4.78 is 10.9. The van der Waals surface area contributed by atoms with Crippen molar-refractivity contribution in [1.29, 1.82) is 0 Å². The minimum atomic E-state index is -0.0871. The standard InChI is InChI=1S/C21H26N2O4/c1-21(2)10-16-20(17(24)11-21)14(22-25)9-15-13-8-19(27-4)18(26-3)7-12(13)5-6-23(15)16/h7-9,15,22,25H,5-6,10-11H2,1-4H3/t15-/m0/s1. The summed E-state index contributed by atoms with van der Waals surface area (Å²) in [6, 6.07) is 3.99. The van der Waals surface area contributed by atoms with Crippen molar-refractivity contribution in [2.45, 2.75) is 39.2 Å². The Kier molecular flexibility index (Phi) is 4.18. The number of ketones is 1. The molecule has 0 fully saturated rings. The molecule has 1 aliphatic carbocycles. The Bertz CT molecular complexity index is 869. The topological polar surface area (TPSA) is 71.0 Å². The predicted octanol–water partition coefficient (Wildman–Crippen LogP) is 3.12. The van der Waals surface area contributed by atoms with E-state index >= 15 is 0 Å². The first-order chi connectivity index (χ1) is 12.9. The van der Waals surface area contributed by atoms with Gasteiger partial charge in [-0.2, -0.15) is 0 Å². The van der Waals surface area contributed by atoms with Gasteiger partial charge in [-0.3, -0.25) is 15.5 Å². The number of carbonyl (C=O) groups excluding carboxylic acids is 1. The summed E-state index contributed by atoms with van der Waals surface area (Å²) in [5.74, 6) is 1.49. The number of allylic oxidation sites excluding steroid dienone is 2. The molecule has 4 rings (SSSR count). The number of nitrogens with zero attached hydrogens (tertiary/aromatic N) is 1. The van der Waals surface area contributed by atoms with Crippen LogP contribution >= 0.6 is 0 Å². The monoisotopic (exact) mass is 370 g/mol. The van der Waals surface area contributed by atoms with E-state index in [1.165, 1.54) is 5.56 Å². The predicted molar refractivity (Wildman–Crippen MR) is 101 cm³/mol. The zero-order chi connectivity index (χ0) is 19.3. The molecule has 0 amide bonds. The van der Waals surface area contributed by atoms with Gasteiger partial charge in [0.1, 0.15) is 0 Å². The third kappa shape index (κ3) is 2.79. The highest BCUT2D eigenvalue weighted by atomic mass is 16.5. The molecule has 6 nitrogen and oxygen atoms in total. The van der Waals surface area contributed by atoms with Crippen LogP contribution in [0.1, 0.15) is 43.9 Å². The molecule has 2 heterocycles. The second kappa shape index (κ2) is 6.30. The van der Waals surface area contributed by atoms with Crippen LogP contribution in [0.5, 0.6) is 11.5 Å². The molecule has 0 saturated heterocycles. The van der Waals surface area contributed by atoms with Gasteiger partial charge in [-0.25, -0.2) is 0 Å². The van der Waals surface area contributed by atoms with E-state index in [0.29, 0.717) is 23.4 Å². The van der Waals surface area contributed by atoms with Crippen molar-refractivity contribution in [1.82, 2.24) is 10.4 Å². The molecular formula is C21H26N2O4. The van der Waals surface area contributed by atoms with E-state index in [1.54, 1.807) is 14.2 Å². The Morgan fingerprint density at radius 2 is 1.89 bits per heavy atom. The lowest BCUT2D eigenvalue weighted by molar-refractivity contribution is -0.118. The fourth-order valence-corrected chi connectivity index (χ4v) is 4.63. The molecule has 1 atom stereocenters. The lowest BCUT2D eigenvalue weighted by Gasteiger charge is -2.47. The van der Waals surface area contributed by atoms with Crippen LogP contribution in [0.2, 0.25) is 0 Å². The molecule has 0 radical (unpaired) electrons. The summed E-state index contributed by atoms with van der Waals surface area (Å²) in [7, 11) is 3.27. The van der Waals surface area contributed by atoms with Crippen molar-refractivity contribution in [3.05, 3.63) is 46.3 Å². The van der Waals surface area contributed by atoms with Gasteiger partial charge < -0.3 is 14.4 Å². The minimum absolute atomic E-state index is 0.0522. The molecule has 2 N–H and O–H groups in total. The van der Waals surface area contributed by atoms with Gasteiger partial charge in [-0.15, -0.1) is 0 Å². The molecular weight excluding hydrogens is 344 g/mol. The third-order valence-electron chi connectivity index (χ3n) is 5.84. The molecule has 0 bridgehead atoms.